The molecule has 1 aromatic carbocycles. The van der Waals surface area contributed by atoms with E-state index in [1.54, 1.807) is 24.3 Å². The molecule has 0 atom stereocenters. The highest BCUT2D eigenvalue weighted by Gasteiger charge is 2.13. The van der Waals surface area contributed by atoms with Crippen molar-refractivity contribution in [2.24, 2.45) is 0 Å². The van der Waals surface area contributed by atoms with E-state index in [4.69, 9.17) is 16.3 Å². The lowest BCUT2D eigenvalue weighted by Gasteiger charge is -2.09. The number of rotatable bonds is 7. The molecule has 0 bridgehead atoms. The van der Waals surface area contributed by atoms with Crippen molar-refractivity contribution in [2.45, 2.75) is 13.3 Å². The van der Waals surface area contributed by atoms with Gasteiger partial charge in [-0.15, -0.1) is 11.3 Å². The molecule has 0 fully saturated rings. The van der Waals surface area contributed by atoms with Gasteiger partial charge in [0.1, 0.15) is 5.75 Å². The van der Waals surface area contributed by atoms with E-state index in [9.17, 15) is 13.2 Å². The molecule has 2 N–H and O–H groups in total. The average Bonchev–Trinajstić information content (AvgIpc) is 2.86. The van der Waals surface area contributed by atoms with Crippen LogP contribution in [0.25, 0.3) is 0 Å². The van der Waals surface area contributed by atoms with Crippen molar-refractivity contribution in [3.05, 3.63) is 44.6 Å². The molecule has 6 nitrogen and oxygen atoms in total. The molecule has 9 heteroatoms. The number of thiol groups is 1. The number of nitrogens with one attached hydrogen (secondary N) is 2. The fraction of sp³-hybridized carbons (Fsp3) is 0.267. The third-order valence-electron chi connectivity index (χ3n) is 3.24. The van der Waals surface area contributed by atoms with E-state index in [-0.39, 0.29) is 5.91 Å². The highest BCUT2D eigenvalue weighted by Crippen LogP contribution is 2.26. The second kappa shape index (κ2) is 8.36. The summed E-state index contributed by atoms with van der Waals surface area (Å²) in [5.41, 5.74) is 0.951. The summed E-state index contributed by atoms with van der Waals surface area (Å²) in [7, 11) is -1.19. The van der Waals surface area contributed by atoms with Gasteiger partial charge in [-0.1, -0.05) is 11.6 Å². The minimum absolute atomic E-state index is 0.274. The molecule has 2 rings (SSSR count). The van der Waals surface area contributed by atoms with Gasteiger partial charge in [0, 0.05) is 21.3 Å². The monoisotopic (exact) mass is 388 g/mol. The van der Waals surface area contributed by atoms with E-state index in [2.05, 4.69) is 10.0 Å². The number of amides is 1. The van der Waals surface area contributed by atoms with Crippen LogP contribution < -0.4 is 14.8 Å². The molecule has 1 heterocycles. The van der Waals surface area contributed by atoms with E-state index in [0.717, 1.165) is 9.75 Å². The first-order valence-corrected chi connectivity index (χ1v) is 9.40. The van der Waals surface area contributed by atoms with Crippen molar-refractivity contribution in [1.29, 1.82) is 0 Å². The molecule has 1 aromatic heterocycles. The van der Waals surface area contributed by atoms with E-state index < -0.39 is 10.9 Å². The quantitative estimate of drug-likeness (QED) is 0.636. The Hall–Kier alpha value is -1.77. The molecule has 0 spiro atoms. The second-order valence-electron chi connectivity index (χ2n) is 4.90. The molecule has 0 saturated heterocycles. The predicted octanol–water partition coefficient (Wildman–Crippen LogP) is 2.63. The van der Waals surface area contributed by atoms with Gasteiger partial charge in [-0.3, -0.25) is 9.52 Å². The lowest BCUT2D eigenvalue weighted by Crippen LogP contribution is -2.26. The van der Waals surface area contributed by atoms with Crippen LogP contribution in [0.3, 0.4) is 0 Å². The molecule has 0 radical (unpaired) electrons. The van der Waals surface area contributed by atoms with Crippen LogP contribution in [0.5, 0.6) is 5.75 Å². The number of hydrogen-bond donors (Lipinski definition) is 3. The molecular formula is C15H17ClN2O4S2. The van der Waals surface area contributed by atoms with Crippen molar-refractivity contribution >= 4 is 45.4 Å². The third-order valence-corrected chi connectivity index (χ3v) is 5.01. The van der Waals surface area contributed by atoms with E-state index >= 15 is 0 Å². The summed E-state index contributed by atoms with van der Waals surface area (Å²) in [6, 6.07) is 6.62. The van der Waals surface area contributed by atoms with Crippen molar-refractivity contribution in [1.82, 2.24) is 5.32 Å². The highest BCUT2D eigenvalue weighted by atomic mass is 35.5. The van der Waals surface area contributed by atoms with Gasteiger partial charge in [0.15, 0.2) is 0 Å². The molecule has 0 aliphatic carbocycles. The van der Waals surface area contributed by atoms with Crippen molar-refractivity contribution in [2.75, 3.05) is 18.4 Å². The number of anilines is 1. The number of carbonyl (C=O) groups excluding carboxylic acids is 1. The Bertz CT molecular complexity index is 810. The second-order valence-corrected chi connectivity index (χ2v) is 7.42. The van der Waals surface area contributed by atoms with E-state index in [1.807, 2.05) is 6.92 Å². The SMILES string of the molecule is COc1ccc(Cl)cc1C(=O)NCCc1cc(N[SH](=O)=O)c(C)s1. The zero-order valence-electron chi connectivity index (χ0n) is 13.1. The third kappa shape index (κ3) is 4.86. The van der Waals surface area contributed by atoms with Crippen LogP contribution in [0.2, 0.25) is 5.02 Å². The highest BCUT2D eigenvalue weighted by molar-refractivity contribution is 7.73. The first kappa shape index (κ1) is 18.6. The molecule has 24 heavy (non-hydrogen) atoms. The van der Waals surface area contributed by atoms with Crippen LogP contribution in [-0.4, -0.2) is 28.0 Å². The predicted molar refractivity (Wildman–Crippen MR) is 97.0 cm³/mol. The van der Waals surface area contributed by atoms with E-state index in [1.165, 1.54) is 18.4 Å². The minimum atomic E-state index is -2.68. The number of halogens is 1. The van der Waals surface area contributed by atoms with Gasteiger partial charge in [0.2, 0.25) is 10.9 Å². The van der Waals surface area contributed by atoms with Crippen LogP contribution in [0.15, 0.2) is 24.3 Å². The number of ether oxygens (including phenoxy) is 1. The maximum absolute atomic E-state index is 12.2. The molecule has 0 aliphatic rings. The van der Waals surface area contributed by atoms with Gasteiger partial charge in [-0.25, -0.2) is 8.42 Å². The fourth-order valence-electron chi connectivity index (χ4n) is 2.13. The van der Waals surface area contributed by atoms with Crippen LogP contribution in [0, 0.1) is 6.92 Å². The first-order chi connectivity index (χ1) is 11.4. The zero-order chi connectivity index (χ0) is 17.7. The maximum Gasteiger partial charge on any atom is 0.255 e. The number of aryl methyl sites for hydroxylation is 1. The van der Waals surface area contributed by atoms with Gasteiger partial charge in [0.25, 0.3) is 5.91 Å². The largest absolute Gasteiger partial charge is 0.496 e. The number of thiophene rings is 1. The van der Waals surface area contributed by atoms with Gasteiger partial charge >= 0.3 is 0 Å². The Labute approximate surface area is 150 Å². The number of hydrogen-bond acceptors (Lipinski definition) is 5. The summed E-state index contributed by atoms with van der Waals surface area (Å²) in [6.45, 7) is 2.25. The Kier molecular flexibility index (Phi) is 6.47. The van der Waals surface area contributed by atoms with E-state index in [0.29, 0.717) is 35.0 Å². The summed E-state index contributed by atoms with van der Waals surface area (Å²) in [6.07, 6.45) is 0.595. The smallest absolute Gasteiger partial charge is 0.255 e. The fourth-order valence-corrected chi connectivity index (χ4v) is 3.80. The van der Waals surface area contributed by atoms with Gasteiger partial charge in [-0.05, 0) is 37.6 Å². The van der Waals surface area contributed by atoms with Gasteiger partial charge in [-0.2, -0.15) is 0 Å². The zero-order valence-corrected chi connectivity index (χ0v) is 15.6. The Morgan fingerprint density at radius 3 is 2.75 bits per heavy atom. The van der Waals surface area contributed by atoms with Crippen LogP contribution in [0.4, 0.5) is 5.69 Å². The van der Waals surface area contributed by atoms with Crippen molar-refractivity contribution in [3.63, 3.8) is 0 Å². The number of benzene rings is 1. The van der Waals surface area contributed by atoms with Crippen molar-refractivity contribution in [3.8, 4) is 5.75 Å². The Morgan fingerprint density at radius 1 is 1.33 bits per heavy atom. The average molecular weight is 389 g/mol. The summed E-state index contributed by atoms with van der Waals surface area (Å²) in [5, 5.41) is 3.26. The van der Waals surface area contributed by atoms with Crippen LogP contribution in [0.1, 0.15) is 20.1 Å². The molecular weight excluding hydrogens is 372 g/mol. The topological polar surface area (TPSA) is 84.5 Å². The molecule has 0 saturated carbocycles. The minimum Gasteiger partial charge on any atom is -0.496 e. The van der Waals surface area contributed by atoms with Gasteiger partial charge < -0.3 is 10.1 Å². The summed E-state index contributed by atoms with van der Waals surface area (Å²) in [4.78, 5) is 14.1. The van der Waals surface area contributed by atoms with Crippen LogP contribution >= 0.6 is 22.9 Å². The molecule has 2 aromatic rings. The van der Waals surface area contributed by atoms with Crippen LogP contribution in [-0.2, 0) is 17.3 Å². The number of carbonyl (C=O) groups is 1. The van der Waals surface area contributed by atoms with Gasteiger partial charge in [0.05, 0.1) is 18.4 Å². The molecule has 130 valence electrons. The Balaban J connectivity index is 1.97. The molecule has 1 amide bonds. The maximum atomic E-state index is 12.2. The summed E-state index contributed by atoms with van der Waals surface area (Å²) >= 11 is 7.41. The van der Waals surface area contributed by atoms with Crippen molar-refractivity contribution < 1.29 is 17.9 Å². The summed E-state index contributed by atoms with van der Waals surface area (Å²) in [5.74, 6) is 0.179. The normalized spacial score (nSPS) is 10.7. The Morgan fingerprint density at radius 2 is 2.08 bits per heavy atom. The number of methoxy groups -OCH3 is 1. The molecule has 0 unspecified atom stereocenters. The summed E-state index contributed by atoms with van der Waals surface area (Å²) < 4.78 is 29.0. The lowest BCUT2D eigenvalue weighted by molar-refractivity contribution is 0.0951. The first-order valence-electron chi connectivity index (χ1n) is 7.02. The standard InChI is InChI=1S/C15H17ClN2O4S2/c1-9-13(18-24(20)21)8-11(23-9)5-6-17-15(19)12-7-10(16)3-4-14(12)22-2/h3-4,7-8,24H,5-6H2,1-2H3,(H,17,19)(H,18,20,21). The lowest BCUT2D eigenvalue weighted by atomic mass is 10.2. The molecule has 0 aliphatic heterocycles.